The Morgan fingerprint density at radius 1 is 1.48 bits per heavy atom. The van der Waals surface area contributed by atoms with Gasteiger partial charge in [0.25, 0.3) is 0 Å². The van der Waals surface area contributed by atoms with E-state index in [1.807, 2.05) is 17.8 Å². The number of hydrogen-bond acceptors (Lipinski definition) is 6. The van der Waals surface area contributed by atoms with E-state index in [9.17, 15) is 0 Å². The van der Waals surface area contributed by atoms with Crippen LogP contribution in [0.2, 0.25) is 0 Å². The van der Waals surface area contributed by atoms with Crippen LogP contribution in [-0.4, -0.2) is 45.4 Å². The first kappa shape index (κ1) is 13.8. The fourth-order valence-corrected chi connectivity index (χ4v) is 2.64. The number of rotatable bonds is 4. The maximum Gasteiger partial charge on any atom is 0.159 e. The van der Waals surface area contributed by atoms with Crippen LogP contribution in [0.4, 0.5) is 5.69 Å². The molecule has 3 heterocycles. The maximum atomic E-state index is 8.85. The summed E-state index contributed by atoms with van der Waals surface area (Å²) in [6, 6.07) is 0.347. The molecule has 2 N–H and O–H groups in total. The van der Waals surface area contributed by atoms with Gasteiger partial charge in [0.2, 0.25) is 0 Å². The van der Waals surface area contributed by atoms with Crippen LogP contribution in [0.15, 0.2) is 17.5 Å². The number of aryl methyl sites for hydroxylation is 1. The molecule has 7 heteroatoms. The third-order valence-corrected chi connectivity index (χ3v) is 3.76. The SMILES string of the molecule is CCn1ncc2c(NC3CCOCC3)c(/C=N/O)cnc21. The van der Waals surface area contributed by atoms with Crippen LogP contribution in [0, 0.1) is 0 Å². The van der Waals surface area contributed by atoms with Gasteiger partial charge in [-0.05, 0) is 19.8 Å². The Labute approximate surface area is 122 Å². The summed E-state index contributed by atoms with van der Waals surface area (Å²) < 4.78 is 7.24. The molecule has 112 valence electrons. The van der Waals surface area contributed by atoms with E-state index in [2.05, 4.69) is 20.6 Å². The van der Waals surface area contributed by atoms with Crippen molar-refractivity contribution >= 4 is 22.9 Å². The van der Waals surface area contributed by atoms with Crippen LogP contribution in [0.5, 0.6) is 0 Å². The maximum absolute atomic E-state index is 8.85. The molecule has 21 heavy (non-hydrogen) atoms. The average Bonchev–Trinajstić information content (AvgIpc) is 2.94. The molecule has 0 spiro atoms. The molecule has 0 atom stereocenters. The zero-order chi connectivity index (χ0) is 14.7. The second-order valence-corrected chi connectivity index (χ2v) is 5.06. The number of oxime groups is 1. The summed E-state index contributed by atoms with van der Waals surface area (Å²) in [5.41, 5.74) is 2.51. The Balaban J connectivity index is 2.02. The van der Waals surface area contributed by atoms with E-state index < -0.39 is 0 Å². The Morgan fingerprint density at radius 2 is 2.29 bits per heavy atom. The Hall–Kier alpha value is -2.15. The molecule has 1 fully saturated rings. The molecule has 2 aromatic rings. The van der Waals surface area contributed by atoms with E-state index in [1.54, 1.807) is 6.20 Å². The van der Waals surface area contributed by atoms with Crippen LogP contribution >= 0.6 is 0 Å². The van der Waals surface area contributed by atoms with Gasteiger partial charge < -0.3 is 15.3 Å². The van der Waals surface area contributed by atoms with Gasteiger partial charge in [0, 0.05) is 37.6 Å². The summed E-state index contributed by atoms with van der Waals surface area (Å²) in [7, 11) is 0. The van der Waals surface area contributed by atoms with Gasteiger partial charge in [-0.3, -0.25) is 0 Å². The lowest BCUT2D eigenvalue weighted by Crippen LogP contribution is -2.28. The third-order valence-electron chi connectivity index (χ3n) is 3.76. The molecule has 1 aliphatic rings. The minimum atomic E-state index is 0.347. The van der Waals surface area contributed by atoms with E-state index in [4.69, 9.17) is 9.94 Å². The van der Waals surface area contributed by atoms with E-state index in [1.165, 1.54) is 6.21 Å². The summed E-state index contributed by atoms with van der Waals surface area (Å²) in [6.45, 7) is 4.33. The topological polar surface area (TPSA) is 84.6 Å². The molecule has 2 aromatic heterocycles. The van der Waals surface area contributed by atoms with Gasteiger partial charge in [0.05, 0.1) is 23.5 Å². The number of hydrogen-bond donors (Lipinski definition) is 2. The van der Waals surface area contributed by atoms with Gasteiger partial charge in [0.1, 0.15) is 0 Å². The number of aromatic nitrogens is 3. The lowest BCUT2D eigenvalue weighted by atomic mass is 10.1. The van der Waals surface area contributed by atoms with Gasteiger partial charge in [-0.25, -0.2) is 9.67 Å². The molecule has 0 saturated carbocycles. The Bertz CT molecular complexity index is 646. The quantitative estimate of drug-likeness (QED) is 0.510. The van der Waals surface area contributed by atoms with Crippen LogP contribution in [0.1, 0.15) is 25.3 Å². The van der Waals surface area contributed by atoms with Crippen molar-refractivity contribution in [2.75, 3.05) is 18.5 Å². The molecule has 0 aliphatic carbocycles. The van der Waals surface area contributed by atoms with Gasteiger partial charge in [-0.2, -0.15) is 5.10 Å². The minimum absolute atomic E-state index is 0.347. The summed E-state index contributed by atoms with van der Waals surface area (Å²) in [4.78, 5) is 4.42. The molecule has 0 aromatic carbocycles. The molecular weight excluding hydrogens is 270 g/mol. The first-order valence-electron chi connectivity index (χ1n) is 7.19. The van der Waals surface area contributed by atoms with E-state index >= 15 is 0 Å². The number of nitrogens with one attached hydrogen (secondary N) is 1. The predicted molar refractivity (Wildman–Crippen MR) is 80.0 cm³/mol. The Morgan fingerprint density at radius 3 is 3.00 bits per heavy atom. The predicted octanol–water partition coefficient (Wildman–Crippen LogP) is 1.85. The molecule has 0 amide bonds. The van der Waals surface area contributed by atoms with Gasteiger partial charge in [-0.1, -0.05) is 5.16 Å². The summed E-state index contributed by atoms with van der Waals surface area (Å²) in [5.74, 6) is 0. The Kier molecular flexibility index (Phi) is 4.01. The largest absolute Gasteiger partial charge is 0.411 e. The molecular formula is C14H19N5O2. The van der Waals surface area contributed by atoms with E-state index in [0.29, 0.717) is 6.04 Å². The van der Waals surface area contributed by atoms with E-state index in [0.717, 1.165) is 54.9 Å². The standard InChI is InChI=1S/C14H19N5O2/c1-2-19-14-12(9-16-19)13(10(7-15-14)8-17-20)18-11-3-5-21-6-4-11/h7-9,11,20H,2-6H2,1H3,(H,15,18)/b17-8+. The number of nitrogens with zero attached hydrogens (tertiary/aromatic N) is 4. The molecule has 0 unspecified atom stereocenters. The van der Waals surface area contributed by atoms with Crippen molar-refractivity contribution in [1.29, 1.82) is 0 Å². The van der Waals surface area contributed by atoms with E-state index in [-0.39, 0.29) is 0 Å². The lowest BCUT2D eigenvalue weighted by Gasteiger charge is -2.25. The van der Waals surface area contributed by atoms with Gasteiger partial charge in [-0.15, -0.1) is 0 Å². The van der Waals surface area contributed by atoms with Gasteiger partial charge >= 0.3 is 0 Å². The monoisotopic (exact) mass is 289 g/mol. The summed E-state index contributed by atoms with van der Waals surface area (Å²) in [5, 5.41) is 20.8. The van der Waals surface area contributed by atoms with Crippen LogP contribution < -0.4 is 5.32 Å². The highest BCUT2D eigenvalue weighted by molar-refractivity contribution is 6.00. The number of ether oxygens (including phenoxy) is 1. The minimum Gasteiger partial charge on any atom is -0.411 e. The fourth-order valence-electron chi connectivity index (χ4n) is 2.64. The first-order chi connectivity index (χ1) is 10.3. The van der Waals surface area contributed by atoms with Crippen LogP contribution in [0.25, 0.3) is 11.0 Å². The van der Waals surface area contributed by atoms with Crippen molar-refractivity contribution in [3.05, 3.63) is 18.0 Å². The summed E-state index contributed by atoms with van der Waals surface area (Å²) >= 11 is 0. The normalized spacial score (nSPS) is 16.8. The molecule has 1 saturated heterocycles. The van der Waals surface area contributed by atoms with Crippen LogP contribution in [-0.2, 0) is 11.3 Å². The summed E-state index contributed by atoms with van der Waals surface area (Å²) in [6.07, 6.45) is 6.83. The smallest absolute Gasteiger partial charge is 0.159 e. The van der Waals surface area contributed by atoms with Gasteiger partial charge in [0.15, 0.2) is 5.65 Å². The number of anilines is 1. The molecule has 1 aliphatic heterocycles. The molecule has 3 rings (SSSR count). The molecule has 0 bridgehead atoms. The molecule has 0 radical (unpaired) electrons. The number of fused-ring (bicyclic) bond motifs is 1. The first-order valence-corrected chi connectivity index (χ1v) is 7.19. The fraction of sp³-hybridized carbons (Fsp3) is 0.500. The average molecular weight is 289 g/mol. The highest BCUT2D eigenvalue weighted by atomic mass is 16.5. The van der Waals surface area contributed by atoms with Crippen molar-refractivity contribution in [2.45, 2.75) is 32.4 Å². The number of pyridine rings is 1. The van der Waals surface area contributed by atoms with Crippen molar-refractivity contribution in [2.24, 2.45) is 5.16 Å². The second kappa shape index (κ2) is 6.09. The zero-order valence-electron chi connectivity index (χ0n) is 12.0. The highest BCUT2D eigenvalue weighted by Crippen LogP contribution is 2.27. The highest BCUT2D eigenvalue weighted by Gasteiger charge is 2.18. The van der Waals surface area contributed by atoms with Crippen molar-refractivity contribution in [3.63, 3.8) is 0 Å². The van der Waals surface area contributed by atoms with Crippen molar-refractivity contribution < 1.29 is 9.94 Å². The second-order valence-electron chi connectivity index (χ2n) is 5.06. The van der Waals surface area contributed by atoms with Crippen molar-refractivity contribution in [1.82, 2.24) is 14.8 Å². The zero-order valence-corrected chi connectivity index (χ0v) is 12.0. The van der Waals surface area contributed by atoms with Crippen molar-refractivity contribution in [3.8, 4) is 0 Å². The molecule has 7 nitrogen and oxygen atoms in total. The third kappa shape index (κ3) is 2.69. The van der Waals surface area contributed by atoms with Crippen LogP contribution in [0.3, 0.4) is 0 Å². The lowest BCUT2D eigenvalue weighted by molar-refractivity contribution is 0.0905.